The highest BCUT2D eigenvalue weighted by molar-refractivity contribution is 7.81. The molecule has 30 heavy (non-hydrogen) atoms. The molecular weight excluding hydrogens is 410 g/mol. The molecule has 1 aliphatic rings. The van der Waals surface area contributed by atoms with Crippen molar-refractivity contribution in [1.29, 1.82) is 0 Å². The van der Waals surface area contributed by atoms with Crippen molar-refractivity contribution in [3.8, 4) is 17.2 Å². The van der Waals surface area contributed by atoms with Gasteiger partial charge in [0.25, 0.3) is 0 Å². The molecule has 9 heteroatoms. The van der Waals surface area contributed by atoms with Crippen LogP contribution in [0.4, 0.5) is 5.69 Å². The van der Waals surface area contributed by atoms with E-state index in [4.69, 9.17) is 9.29 Å². The number of amides is 1. The fourth-order valence-electron chi connectivity index (χ4n) is 3.74. The first-order valence-corrected chi connectivity index (χ1v) is 10.2. The van der Waals surface area contributed by atoms with E-state index in [-0.39, 0.29) is 17.4 Å². The molecule has 1 heterocycles. The monoisotopic (exact) mass is 427 g/mol. The lowest BCUT2D eigenvalue weighted by Crippen LogP contribution is -2.37. The van der Waals surface area contributed by atoms with E-state index in [0.717, 1.165) is 0 Å². The van der Waals surface area contributed by atoms with Crippen molar-refractivity contribution in [3.63, 3.8) is 0 Å². The molecule has 154 valence electrons. The molecule has 0 aliphatic carbocycles. The van der Waals surface area contributed by atoms with Crippen LogP contribution in [0.5, 0.6) is 17.2 Å². The lowest BCUT2D eigenvalue weighted by molar-refractivity contribution is -0.118. The predicted molar refractivity (Wildman–Crippen MR) is 108 cm³/mol. The Labute approximate surface area is 172 Å². The molecule has 1 amide bonds. The van der Waals surface area contributed by atoms with E-state index >= 15 is 0 Å². The van der Waals surface area contributed by atoms with Crippen molar-refractivity contribution < 1.29 is 31.8 Å². The first kappa shape index (κ1) is 19.7. The Morgan fingerprint density at radius 2 is 1.47 bits per heavy atom. The summed E-state index contributed by atoms with van der Waals surface area (Å²) in [5.74, 6) is 0.182. The van der Waals surface area contributed by atoms with Crippen LogP contribution in [0.2, 0.25) is 0 Å². The second-order valence-corrected chi connectivity index (χ2v) is 7.72. The normalized spacial score (nSPS) is 17.9. The predicted octanol–water partition coefficient (Wildman–Crippen LogP) is 2.87. The zero-order chi connectivity index (χ0) is 21.5. The zero-order valence-electron chi connectivity index (χ0n) is 15.7. The van der Waals surface area contributed by atoms with E-state index in [9.17, 15) is 18.3 Å². The average molecular weight is 427 g/mol. The topological polar surface area (TPSA) is 122 Å². The van der Waals surface area contributed by atoms with Gasteiger partial charge in [-0.3, -0.25) is 9.35 Å². The number of methoxy groups -OCH3 is 1. The summed E-state index contributed by atoms with van der Waals surface area (Å²) in [5, 5.41) is 12.6. The van der Waals surface area contributed by atoms with Gasteiger partial charge in [0.15, 0.2) is 0 Å². The van der Waals surface area contributed by atoms with Crippen LogP contribution in [0.1, 0.15) is 16.7 Å². The molecule has 0 saturated carbocycles. The molecule has 0 spiro atoms. The summed E-state index contributed by atoms with van der Waals surface area (Å²) in [5.41, 5.74) is 1.08. The van der Waals surface area contributed by atoms with Gasteiger partial charge in [0.1, 0.15) is 22.7 Å². The Bertz CT molecular complexity index is 1220. The van der Waals surface area contributed by atoms with Crippen LogP contribution in [0, 0.1) is 0 Å². The number of carbonyl (C=O) groups excluding carboxylic acids is 1. The highest BCUT2D eigenvalue weighted by atomic mass is 32.3. The quantitative estimate of drug-likeness (QED) is 0.535. The summed E-state index contributed by atoms with van der Waals surface area (Å²) in [7, 11) is -3.15. The van der Waals surface area contributed by atoms with Crippen LogP contribution >= 0.6 is 0 Å². The van der Waals surface area contributed by atoms with Crippen molar-refractivity contribution in [2.75, 3.05) is 12.4 Å². The van der Waals surface area contributed by atoms with Gasteiger partial charge in [-0.15, -0.1) is 0 Å². The number of benzene rings is 3. The first-order chi connectivity index (χ1) is 14.2. The molecule has 0 radical (unpaired) electrons. The van der Waals surface area contributed by atoms with Gasteiger partial charge >= 0.3 is 10.4 Å². The van der Waals surface area contributed by atoms with Gasteiger partial charge in [0.2, 0.25) is 5.91 Å². The number of aromatic hydroxyl groups is 1. The zero-order valence-corrected chi connectivity index (χ0v) is 16.5. The Kier molecular flexibility index (Phi) is 4.64. The molecule has 1 atom stereocenters. The van der Waals surface area contributed by atoms with Crippen LogP contribution in [-0.2, 0) is 20.6 Å². The fraction of sp³-hybridized carbons (Fsp3) is 0.0952. The maximum atomic E-state index is 13.4. The molecule has 3 N–H and O–H groups in total. The highest BCUT2D eigenvalue weighted by Gasteiger charge is 2.50. The number of rotatable bonds is 5. The molecule has 0 saturated heterocycles. The highest BCUT2D eigenvalue weighted by Crippen LogP contribution is 2.49. The SMILES string of the molecule is COc1ccc2c(c1)C(c1ccc(O)cc1)(c1ccc(OS(=O)(=O)O)cc1)C(=O)N2. The van der Waals surface area contributed by atoms with E-state index in [1.165, 1.54) is 31.4 Å². The van der Waals surface area contributed by atoms with Gasteiger partial charge in [0.05, 0.1) is 7.11 Å². The Hall–Kier alpha value is -3.56. The summed E-state index contributed by atoms with van der Waals surface area (Å²) in [6, 6.07) is 17.3. The van der Waals surface area contributed by atoms with Crippen molar-refractivity contribution >= 4 is 22.0 Å². The van der Waals surface area contributed by atoms with E-state index in [1.54, 1.807) is 42.5 Å². The molecule has 4 rings (SSSR count). The van der Waals surface area contributed by atoms with Gasteiger partial charge < -0.3 is 19.3 Å². The van der Waals surface area contributed by atoms with Crippen molar-refractivity contribution in [1.82, 2.24) is 0 Å². The molecule has 8 nitrogen and oxygen atoms in total. The van der Waals surface area contributed by atoms with Crippen LogP contribution in [0.3, 0.4) is 0 Å². The minimum absolute atomic E-state index is 0.0510. The number of nitrogens with one attached hydrogen (secondary N) is 1. The summed E-state index contributed by atoms with van der Waals surface area (Å²) in [6.07, 6.45) is 0. The van der Waals surface area contributed by atoms with E-state index in [0.29, 0.717) is 28.1 Å². The Morgan fingerprint density at radius 3 is 2.03 bits per heavy atom. The van der Waals surface area contributed by atoms with Gasteiger partial charge in [-0.05, 0) is 53.6 Å². The van der Waals surface area contributed by atoms with Crippen LogP contribution < -0.4 is 14.2 Å². The smallest absolute Gasteiger partial charge is 0.446 e. The van der Waals surface area contributed by atoms with Crippen molar-refractivity contribution in [2.45, 2.75) is 5.41 Å². The molecule has 1 unspecified atom stereocenters. The second-order valence-electron chi connectivity index (χ2n) is 6.70. The van der Waals surface area contributed by atoms with Gasteiger partial charge in [-0.25, -0.2) is 0 Å². The number of fused-ring (bicyclic) bond motifs is 1. The number of hydrogen-bond acceptors (Lipinski definition) is 6. The molecule has 1 aliphatic heterocycles. The summed E-state index contributed by atoms with van der Waals surface area (Å²) in [6.45, 7) is 0. The number of phenols is 1. The minimum atomic E-state index is -4.67. The number of phenolic OH excluding ortho intramolecular Hbond substituents is 1. The first-order valence-electron chi connectivity index (χ1n) is 8.81. The van der Waals surface area contributed by atoms with Crippen LogP contribution in [-0.4, -0.2) is 31.1 Å². The minimum Gasteiger partial charge on any atom is -0.508 e. The van der Waals surface area contributed by atoms with E-state index in [2.05, 4.69) is 9.50 Å². The van der Waals surface area contributed by atoms with Gasteiger partial charge in [-0.2, -0.15) is 8.42 Å². The standard InChI is InChI=1S/C21H17NO7S/c1-28-17-10-11-19-18(12-17)21(20(24)22-19,13-2-6-15(23)7-3-13)14-4-8-16(9-5-14)29-30(25,26)27/h2-12,23H,1H3,(H,22,24)(H,25,26,27). The summed E-state index contributed by atoms with van der Waals surface area (Å²) in [4.78, 5) is 13.4. The van der Waals surface area contributed by atoms with Gasteiger partial charge in [-0.1, -0.05) is 24.3 Å². The Balaban J connectivity index is 1.95. The largest absolute Gasteiger partial charge is 0.508 e. The molecule has 0 fully saturated rings. The second kappa shape index (κ2) is 7.05. The maximum absolute atomic E-state index is 13.4. The lowest BCUT2D eigenvalue weighted by atomic mass is 9.70. The number of carbonyl (C=O) groups is 1. The molecule has 0 aromatic heterocycles. The Morgan fingerprint density at radius 1 is 0.900 bits per heavy atom. The molecule has 3 aromatic carbocycles. The third kappa shape index (κ3) is 3.23. The number of hydrogen-bond donors (Lipinski definition) is 3. The average Bonchev–Trinajstić information content (AvgIpc) is 3.00. The molecule has 3 aromatic rings. The summed E-state index contributed by atoms with van der Waals surface area (Å²) >= 11 is 0. The van der Waals surface area contributed by atoms with E-state index < -0.39 is 15.8 Å². The fourth-order valence-corrected chi connectivity index (χ4v) is 4.10. The maximum Gasteiger partial charge on any atom is 0.446 e. The molecule has 0 bridgehead atoms. The van der Waals surface area contributed by atoms with Crippen LogP contribution in [0.15, 0.2) is 66.7 Å². The number of anilines is 1. The third-order valence-corrected chi connectivity index (χ3v) is 5.41. The van der Waals surface area contributed by atoms with Crippen molar-refractivity contribution in [2.24, 2.45) is 0 Å². The number of ether oxygens (including phenoxy) is 1. The van der Waals surface area contributed by atoms with Crippen molar-refractivity contribution in [3.05, 3.63) is 83.4 Å². The van der Waals surface area contributed by atoms with Crippen LogP contribution in [0.25, 0.3) is 0 Å². The van der Waals surface area contributed by atoms with Gasteiger partial charge in [0, 0.05) is 11.3 Å². The summed E-state index contributed by atoms with van der Waals surface area (Å²) < 4.78 is 40.7. The van der Waals surface area contributed by atoms with E-state index in [1.807, 2.05) is 0 Å². The lowest BCUT2D eigenvalue weighted by Gasteiger charge is -2.29. The third-order valence-electron chi connectivity index (χ3n) is 5.01. The molecular formula is C21H17NO7S.